The summed E-state index contributed by atoms with van der Waals surface area (Å²) in [7, 11) is 7.36. The third-order valence-corrected chi connectivity index (χ3v) is 1.33. The summed E-state index contributed by atoms with van der Waals surface area (Å²) in [5.41, 5.74) is 0. The van der Waals surface area contributed by atoms with Crippen LogP contribution in [-0.4, -0.2) is 20.9 Å². The van der Waals surface area contributed by atoms with Crippen molar-refractivity contribution in [1.82, 2.24) is 5.32 Å². The van der Waals surface area contributed by atoms with E-state index in [0.717, 1.165) is 6.32 Å². The molecule has 0 saturated heterocycles. The van der Waals surface area contributed by atoms with Crippen molar-refractivity contribution in [2.75, 3.05) is 7.05 Å². The van der Waals surface area contributed by atoms with Gasteiger partial charge in [0, 0.05) is 0 Å². The lowest BCUT2D eigenvalue weighted by atomic mass is 9.94. The minimum Gasteiger partial charge on any atom is -0.318 e. The molecule has 0 aromatic heterocycles. The minimum atomic E-state index is 0.528. The van der Waals surface area contributed by atoms with Gasteiger partial charge in [0.15, 0.2) is 0 Å². The molecule has 0 bridgehead atoms. The molecule has 0 aromatic rings. The van der Waals surface area contributed by atoms with Crippen LogP contribution in [0, 0.1) is 0 Å². The van der Waals surface area contributed by atoms with E-state index < -0.39 is 0 Å². The fraction of sp³-hybridized carbons (Fsp3) is 1.00. The molecular formula is C6H14BN. The molecule has 0 aliphatic rings. The fourth-order valence-electron chi connectivity index (χ4n) is 0.729. The quantitative estimate of drug-likeness (QED) is 0.533. The van der Waals surface area contributed by atoms with Gasteiger partial charge >= 0.3 is 0 Å². The van der Waals surface area contributed by atoms with Crippen molar-refractivity contribution < 1.29 is 0 Å². The molecule has 0 fully saturated rings. The van der Waals surface area contributed by atoms with E-state index in [2.05, 4.69) is 12.2 Å². The molecule has 8 heavy (non-hydrogen) atoms. The molecule has 0 amide bonds. The van der Waals surface area contributed by atoms with E-state index in [1.165, 1.54) is 12.8 Å². The maximum Gasteiger partial charge on any atom is 0.0674 e. The smallest absolute Gasteiger partial charge is 0.0674 e. The van der Waals surface area contributed by atoms with Gasteiger partial charge in [-0.15, -0.1) is 0 Å². The first-order valence-corrected chi connectivity index (χ1v) is 3.22. The number of hydrogen-bond acceptors (Lipinski definition) is 1. The Morgan fingerprint density at radius 3 is 2.38 bits per heavy atom. The third kappa shape index (κ3) is 3.08. The second-order valence-corrected chi connectivity index (χ2v) is 2.01. The Balaban J connectivity index is 3.07. The summed E-state index contributed by atoms with van der Waals surface area (Å²) in [4.78, 5) is 0. The molecule has 1 N–H and O–H groups in total. The Morgan fingerprint density at radius 2 is 2.25 bits per heavy atom. The Bertz CT molecular complexity index is 43.8. The predicted octanol–water partition coefficient (Wildman–Crippen LogP) is 0.961. The standard InChI is InChI=1S/C6H14BN/c1-3-4-6(5-7)8-2/h6,8H,3-5H2,1-2H3/t6-/m1/s1. The van der Waals surface area contributed by atoms with E-state index in [-0.39, 0.29) is 0 Å². The van der Waals surface area contributed by atoms with Crippen LogP contribution in [0.3, 0.4) is 0 Å². The Morgan fingerprint density at radius 1 is 1.62 bits per heavy atom. The van der Waals surface area contributed by atoms with E-state index in [4.69, 9.17) is 7.85 Å². The molecule has 0 heterocycles. The first kappa shape index (κ1) is 8.02. The first-order chi connectivity index (χ1) is 3.85. The molecule has 0 rings (SSSR count). The van der Waals surface area contributed by atoms with Crippen molar-refractivity contribution in [3.05, 3.63) is 0 Å². The van der Waals surface area contributed by atoms with Crippen LogP contribution >= 0.6 is 0 Å². The predicted molar refractivity (Wildman–Crippen MR) is 38.3 cm³/mol. The normalized spacial score (nSPS) is 13.8. The molecule has 2 radical (unpaired) electrons. The summed E-state index contributed by atoms with van der Waals surface area (Å²) in [6, 6.07) is 0.528. The van der Waals surface area contributed by atoms with Gasteiger partial charge in [0.1, 0.15) is 0 Å². The second kappa shape index (κ2) is 5.17. The lowest BCUT2D eigenvalue weighted by Crippen LogP contribution is -2.23. The van der Waals surface area contributed by atoms with Crippen LogP contribution < -0.4 is 5.32 Å². The van der Waals surface area contributed by atoms with E-state index in [1.54, 1.807) is 0 Å². The van der Waals surface area contributed by atoms with Crippen LogP contribution in [-0.2, 0) is 0 Å². The van der Waals surface area contributed by atoms with Crippen molar-refractivity contribution in [2.45, 2.75) is 32.1 Å². The third-order valence-electron chi connectivity index (χ3n) is 1.33. The van der Waals surface area contributed by atoms with Crippen LogP contribution in [0.5, 0.6) is 0 Å². The molecule has 1 nitrogen and oxygen atoms in total. The zero-order valence-corrected chi connectivity index (χ0v) is 5.78. The highest BCUT2D eigenvalue weighted by atomic mass is 14.9. The molecule has 0 saturated carbocycles. The monoisotopic (exact) mass is 111 g/mol. The summed E-state index contributed by atoms with van der Waals surface area (Å²) in [5.74, 6) is 0. The van der Waals surface area contributed by atoms with Gasteiger partial charge in [-0.05, 0) is 19.5 Å². The van der Waals surface area contributed by atoms with Crippen molar-refractivity contribution in [2.24, 2.45) is 0 Å². The molecular weight excluding hydrogens is 96.9 g/mol. The molecule has 0 aromatic carbocycles. The van der Waals surface area contributed by atoms with Gasteiger partial charge < -0.3 is 5.32 Å². The number of nitrogens with one attached hydrogen (secondary N) is 1. The van der Waals surface area contributed by atoms with Gasteiger partial charge in [-0.3, -0.25) is 0 Å². The lowest BCUT2D eigenvalue weighted by Gasteiger charge is -2.10. The van der Waals surface area contributed by atoms with Gasteiger partial charge in [0.2, 0.25) is 0 Å². The topological polar surface area (TPSA) is 12.0 Å². The summed E-state index contributed by atoms with van der Waals surface area (Å²) >= 11 is 0. The summed E-state index contributed by atoms with van der Waals surface area (Å²) in [6.07, 6.45) is 3.15. The van der Waals surface area contributed by atoms with Gasteiger partial charge in [0.25, 0.3) is 0 Å². The van der Waals surface area contributed by atoms with E-state index >= 15 is 0 Å². The van der Waals surface area contributed by atoms with Gasteiger partial charge in [0.05, 0.1) is 7.85 Å². The maximum atomic E-state index is 5.41. The summed E-state index contributed by atoms with van der Waals surface area (Å²) in [6.45, 7) is 2.17. The minimum absolute atomic E-state index is 0.528. The average Bonchev–Trinajstić information content (AvgIpc) is 1.83. The van der Waals surface area contributed by atoms with Crippen molar-refractivity contribution in [3.63, 3.8) is 0 Å². The largest absolute Gasteiger partial charge is 0.318 e. The average molecular weight is 111 g/mol. The van der Waals surface area contributed by atoms with Crippen LogP contribution in [0.25, 0.3) is 0 Å². The van der Waals surface area contributed by atoms with Crippen molar-refractivity contribution >= 4 is 7.85 Å². The maximum absolute atomic E-state index is 5.41. The molecule has 1 atom stereocenters. The van der Waals surface area contributed by atoms with Crippen molar-refractivity contribution in [1.29, 1.82) is 0 Å². The van der Waals surface area contributed by atoms with Crippen LogP contribution in [0.4, 0.5) is 0 Å². The SMILES string of the molecule is [B]C[C@@H](CCC)NC. The van der Waals surface area contributed by atoms with Crippen LogP contribution in [0.15, 0.2) is 0 Å². The summed E-state index contributed by atoms with van der Waals surface area (Å²) < 4.78 is 0. The Kier molecular flexibility index (Phi) is 5.18. The van der Waals surface area contributed by atoms with Gasteiger partial charge in [-0.25, -0.2) is 0 Å². The molecule has 2 heteroatoms. The Labute approximate surface area is 53.3 Å². The number of rotatable bonds is 4. The molecule has 0 unspecified atom stereocenters. The van der Waals surface area contributed by atoms with Crippen molar-refractivity contribution in [3.8, 4) is 0 Å². The molecule has 0 aliphatic carbocycles. The zero-order valence-electron chi connectivity index (χ0n) is 5.78. The first-order valence-electron chi connectivity index (χ1n) is 3.22. The molecule has 0 aliphatic heterocycles. The summed E-state index contributed by atoms with van der Waals surface area (Å²) in [5, 5.41) is 3.13. The number of hydrogen-bond donors (Lipinski definition) is 1. The molecule has 0 spiro atoms. The van der Waals surface area contributed by atoms with Gasteiger partial charge in [-0.1, -0.05) is 19.7 Å². The highest BCUT2D eigenvalue weighted by Crippen LogP contribution is 1.97. The van der Waals surface area contributed by atoms with E-state index in [1.807, 2.05) is 7.05 Å². The molecule has 46 valence electrons. The van der Waals surface area contributed by atoms with E-state index in [9.17, 15) is 0 Å². The lowest BCUT2D eigenvalue weighted by molar-refractivity contribution is 0.557. The van der Waals surface area contributed by atoms with Crippen LogP contribution in [0.2, 0.25) is 6.32 Å². The van der Waals surface area contributed by atoms with Crippen LogP contribution in [0.1, 0.15) is 19.8 Å². The Hall–Kier alpha value is 0.0249. The fourth-order valence-corrected chi connectivity index (χ4v) is 0.729. The van der Waals surface area contributed by atoms with Gasteiger partial charge in [-0.2, -0.15) is 0 Å². The highest BCUT2D eigenvalue weighted by Gasteiger charge is 1.97. The highest BCUT2D eigenvalue weighted by molar-refractivity contribution is 6.08. The van der Waals surface area contributed by atoms with E-state index in [0.29, 0.717) is 6.04 Å². The second-order valence-electron chi connectivity index (χ2n) is 2.01. The zero-order chi connectivity index (χ0) is 6.41.